The van der Waals surface area contributed by atoms with Crippen molar-refractivity contribution in [2.45, 2.75) is 49.9 Å². The largest absolute Gasteiger partial charge is 0.508 e. The summed E-state index contributed by atoms with van der Waals surface area (Å²) in [4.78, 5) is 78.5. The predicted molar refractivity (Wildman–Crippen MR) is 260 cm³/mol. The Balaban J connectivity index is 1.10. The number of benzene rings is 5. The Morgan fingerprint density at radius 2 is 1.56 bits per heavy atom. The fraction of sp³-hybridized carbons (Fsp3) is 0.255. The molecule has 17 nitrogen and oxygen atoms in total. The normalized spacial score (nSPS) is 19.3. The number of halogens is 2. The average molecular weight is 987 g/mol. The van der Waals surface area contributed by atoms with Crippen LogP contribution in [0.5, 0.6) is 28.7 Å². The second-order valence-corrected chi connectivity index (χ2v) is 18.1. The number of hydrogen-bond donors (Lipinski definition) is 2. The van der Waals surface area contributed by atoms with E-state index in [-0.39, 0.29) is 60.3 Å². The van der Waals surface area contributed by atoms with Crippen LogP contribution in [-0.4, -0.2) is 66.7 Å². The predicted octanol–water partition coefficient (Wildman–Crippen LogP) is 6.54. The Kier molecular flexibility index (Phi) is 11.8. The number of carbonyl (C=O) groups excluding carboxylic acids is 2. The van der Waals surface area contributed by atoms with E-state index in [0.29, 0.717) is 50.2 Å². The van der Waals surface area contributed by atoms with Gasteiger partial charge in [0, 0.05) is 54.7 Å². The lowest BCUT2D eigenvalue weighted by molar-refractivity contribution is -0.138. The lowest BCUT2D eigenvalue weighted by Gasteiger charge is -2.49. The molecular weight excluding hydrogens is 942 g/mol. The third-order valence-corrected chi connectivity index (χ3v) is 14.3. The first kappa shape index (κ1) is 46.0. The molecule has 0 unspecified atom stereocenters. The molecule has 0 bridgehead atoms. The van der Waals surface area contributed by atoms with Gasteiger partial charge in [-0.3, -0.25) is 19.8 Å². The first-order valence-electron chi connectivity index (χ1n) is 22.3. The molecule has 2 amide bonds. The van der Waals surface area contributed by atoms with E-state index in [1.807, 2.05) is 30.3 Å². The van der Waals surface area contributed by atoms with E-state index in [1.165, 1.54) is 47.4 Å². The van der Waals surface area contributed by atoms with E-state index in [9.17, 15) is 19.5 Å². The Hall–Kier alpha value is -7.76. The van der Waals surface area contributed by atoms with Gasteiger partial charge in [0.1, 0.15) is 29.5 Å². The summed E-state index contributed by atoms with van der Waals surface area (Å²) in [6.45, 7) is -0.103. The van der Waals surface area contributed by atoms with Crippen LogP contribution in [0.4, 0.5) is 5.69 Å². The molecular formula is C51H45Cl2N7O10. The van der Waals surface area contributed by atoms with E-state index in [1.54, 1.807) is 73.8 Å². The van der Waals surface area contributed by atoms with Crippen molar-refractivity contribution in [1.82, 2.24) is 28.5 Å². The highest BCUT2D eigenvalue weighted by Gasteiger charge is 2.69. The van der Waals surface area contributed by atoms with Gasteiger partial charge in [0.05, 0.1) is 67.0 Å². The lowest BCUT2D eigenvalue weighted by Crippen LogP contribution is -2.53. The van der Waals surface area contributed by atoms with Crippen molar-refractivity contribution in [3.05, 3.63) is 179 Å². The summed E-state index contributed by atoms with van der Waals surface area (Å²) in [7, 11) is 6.08. The summed E-state index contributed by atoms with van der Waals surface area (Å²) in [6.07, 6.45) is 1.58. The van der Waals surface area contributed by atoms with Gasteiger partial charge in [0.25, 0.3) is 17.4 Å². The molecule has 10 rings (SSSR count). The number of imide groups is 1. The number of aromatic nitrogens is 5. The van der Waals surface area contributed by atoms with Gasteiger partial charge in [-0.1, -0.05) is 77.8 Å². The number of rotatable bonds is 13. The molecule has 19 heteroatoms. The Morgan fingerprint density at radius 3 is 2.26 bits per heavy atom. The summed E-state index contributed by atoms with van der Waals surface area (Å²) in [5.41, 5.74) is 2.82. The van der Waals surface area contributed by atoms with Gasteiger partial charge < -0.3 is 28.6 Å². The van der Waals surface area contributed by atoms with Gasteiger partial charge in [-0.05, 0) is 59.5 Å². The first-order chi connectivity index (χ1) is 33.8. The molecule has 0 spiro atoms. The number of hydrogen-bond acceptors (Lipinski definition) is 12. The summed E-state index contributed by atoms with van der Waals surface area (Å²) in [5.74, 6) is -2.19. The highest BCUT2D eigenvalue weighted by molar-refractivity contribution is 6.36. The van der Waals surface area contributed by atoms with E-state index in [2.05, 4.69) is 10.4 Å². The number of anilines is 1. The monoisotopic (exact) mass is 985 g/mol. The number of phenols is 1. The van der Waals surface area contributed by atoms with Crippen molar-refractivity contribution in [1.29, 1.82) is 0 Å². The minimum atomic E-state index is -1.76. The SMILES string of the molecule is COc1ccc([C@@]23C(=O)N(Nc4ccc(Cl)cc4Cl)C(=O)[C@@H]2C[C@@H]2C(=CCn4c(=O)n(CCc5nc6cc(OC)c(OC)cc6n(C)c5=O)c(=O)n42)[C@@H]3c2ccc(OCc3ccccc3)cc2O)cc1. The highest BCUT2D eigenvalue weighted by atomic mass is 35.5. The zero-order valence-corrected chi connectivity index (χ0v) is 39.7. The third-order valence-electron chi connectivity index (χ3n) is 13.7. The lowest BCUT2D eigenvalue weighted by atomic mass is 9.53. The second kappa shape index (κ2) is 18.0. The van der Waals surface area contributed by atoms with Crippen molar-refractivity contribution in [2.24, 2.45) is 13.0 Å². The summed E-state index contributed by atoms with van der Waals surface area (Å²) in [5, 5.41) is 13.6. The number of phenolic OH excluding ortho intramolecular Hbond substituents is 1. The van der Waals surface area contributed by atoms with Crippen LogP contribution in [0, 0.1) is 5.92 Å². The van der Waals surface area contributed by atoms with Gasteiger partial charge >= 0.3 is 11.4 Å². The number of aromatic hydroxyl groups is 1. The van der Waals surface area contributed by atoms with Crippen LogP contribution in [0.25, 0.3) is 11.0 Å². The number of nitrogens with zero attached hydrogens (tertiary/aromatic N) is 6. The Labute approximate surface area is 409 Å². The van der Waals surface area contributed by atoms with Gasteiger partial charge in [0.15, 0.2) is 11.5 Å². The van der Waals surface area contributed by atoms with E-state index in [0.717, 1.165) is 15.1 Å². The van der Waals surface area contributed by atoms with Crippen LogP contribution in [-0.2, 0) is 48.2 Å². The highest BCUT2D eigenvalue weighted by Crippen LogP contribution is 2.63. The number of allylic oxidation sites excluding steroid dienone is 2. The fourth-order valence-electron chi connectivity index (χ4n) is 10.4. The average Bonchev–Trinajstić information content (AvgIpc) is 3.74. The van der Waals surface area contributed by atoms with Crippen molar-refractivity contribution in [2.75, 3.05) is 26.8 Å². The maximum absolute atomic E-state index is 15.7. The molecule has 1 aliphatic carbocycles. The molecule has 2 aliphatic heterocycles. The molecule has 1 saturated heterocycles. The number of methoxy groups -OCH3 is 3. The van der Waals surface area contributed by atoms with Crippen LogP contribution in [0.1, 0.15) is 40.8 Å². The topological polar surface area (TPSA) is 190 Å². The zero-order chi connectivity index (χ0) is 49.2. The molecule has 4 heterocycles. The van der Waals surface area contributed by atoms with E-state index < -0.39 is 52.0 Å². The van der Waals surface area contributed by atoms with E-state index in [4.69, 9.17) is 42.1 Å². The Bertz CT molecular complexity index is 3480. The van der Waals surface area contributed by atoms with Gasteiger partial charge in [0.2, 0.25) is 0 Å². The number of aryl methyl sites for hydroxylation is 2. The molecule has 5 aromatic carbocycles. The maximum atomic E-state index is 15.7. The molecule has 4 atom stereocenters. The molecule has 2 fully saturated rings. The minimum Gasteiger partial charge on any atom is -0.508 e. The van der Waals surface area contributed by atoms with Crippen LogP contribution < -0.4 is 41.3 Å². The third kappa shape index (κ3) is 7.38. The number of hydrazine groups is 1. The minimum absolute atomic E-state index is 0.0830. The zero-order valence-electron chi connectivity index (χ0n) is 38.2. The smallest absolute Gasteiger partial charge is 0.347 e. The quantitative estimate of drug-likeness (QED) is 0.0940. The molecule has 1 saturated carbocycles. The van der Waals surface area contributed by atoms with Gasteiger partial charge in [-0.2, -0.15) is 5.01 Å². The first-order valence-corrected chi connectivity index (χ1v) is 23.0. The number of fused-ring (bicyclic) bond motifs is 5. The molecule has 70 heavy (non-hydrogen) atoms. The molecule has 0 radical (unpaired) electrons. The summed E-state index contributed by atoms with van der Waals surface area (Å²) >= 11 is 12.9. The van der Waals surface area contributed by atoms with E-state index >= 15 is 9.59 Å². The van der Waals surface area contributed by atoms with Crippen LogP contribution in [0.15, 0.2) is 129 Å². The molecule has 7 aromatic rings. The molecule has 2 N–H and O–H groups in total. The molecule has 2 aromatic heterocycles. The fourth-order valence-corrected chi connectivity index (χ4v) is 10.8. The van der Waals surface area contributed by atoms with Crippen molar-refractivity contribution >= 4 is 51.7 Å². The number of carbonyl (C=O) groups is 2. The van der Waals surface area contributed by atoms with Gasteiger partial charge in [-0.25, -0.2) is 28.5 Å². The molecule has 3 aliphatic rings. The second-order valence-electron chi connectivity index (χ2n) is 17.3. The standard InChI is InChI=1S/C51H45Cl2N7O10/c1-56-41-26-44(69-4)43(68-3)25-39(41)54-38(47(56)63)19-20-57-49(65)58-21-18-33-40(60(58)50(57)66)24-35-46(62)59(55-37-17-12-30(52)22-36(37)53)48(64)51(35,29-10-13-31(67-2)14-11-29)45(33)34-16-15-32(23-42(34)61)70-27-28-8-6-5-7-9-28/h5-18,22-23,25-26,35,40,45,55,61H,19-21,24,27H2,1-4H3/t35-,40+,45+,51+/m0/s1. The summed E-state index contributed by atoms with van der Waals surface area (Å²) in [6, 6.07) is 28.0. The maximum Gasteiger partial charge on any atom is 0.347 e. The van der Waals surface area contributed by atoms with Crippen molar-refractivity contribution in [3.63, 3.8) is 0 Å². The number of nitrogens with one attached hydrogen (secondary N) is 1. The van der Waals surface area contributed by atoms with Crippen LogP contribution in [0.2, 0.25) is 10.0 Å². The molecule has 358 valence electrons. The Morgan fingerprint density at radius 1 is 0.829 bits per heavy atom. The van der Waals surface area contributed by atoms with Crippen LogP contribution in [0.3, 0.4) is 0 Å². The van der Waals surface area contributed by atoms with Crippen molar-refractivity contribution in [3.8, 4) is 28.7 Å². The summed E-state index contributed by atoms with van der Waals surface area (Å²) < 4.78 is 27.6. The van der Waals surface area contributed by atoms with Crippen molar-refractivity contribution < 1.29 is 33.6 Å². The number of ether oxygens (including phenoxy) is 4. The van der Waals surface area contributed by atoms with Gasteiger partial charge in [-0.15, -0.1) is 0 Å². The van der Waals surface area contributed by atoms with Crippen LogP contribution >= 0.6 is 23.2 Å². The number of amides is 2.